The number of hydrogen-bond acceptors (Lipinski definition) is 6. The average molecular weight is 284 g/mol. The minimum Gasteiger partial charge on any atom is -0.330 e. The molecule has 6 nitrogen and oxygen atoms in total. The molecule has 2 aliphatic rings. The van der Waals surface area contributed by atoms with Crippen molar-refractivity contribution in [3.63, 3.8) is 0 Å². The van der Waals surface area contributed by atoms with Gasteiger partial charge in [0.05, 0.1) is 6.17 Å². The second kappa shape index (κ2) is 9.65. The Hall–Kier alpha value is -0.240. The molecule has 118 valence electrons. The van der Waals surface area contributed by atoms with E-state index in [2.05, 4.69) is 25.8 Å². The quantitative estimate of drug-likeness (QED) is 0.405. The number of piperazine rings is 2. The van der Waals surface area contributed by atoms with Crippen LogP contribution in [0.25, 0.3) is 0 Å². The van der Waals surface area contributed by atoms with Crippen molar-refractivity contribution in [2.24, 2.45) is 5.73 Å². The zero-order valence-corrected chi connectivity index (χ0v) is 12.7. The summed E-state index contributed by atoms with van der Waals surface area (Å²) in [5.74, 6) is 0. The maximum Gasteiger partial charge on any atom is 0.0726 e. The van der Waals surface area contributed by atoms with Crippen molar-refractivity contribution in [1.82, 2.24) is 25.8 Å². The fraction of sp³-hybridized carbons (Fsp3) is 1.00. The van der Waals surface area contributed by atoms with Gasteiger partial charge in [0.1, 0.15) is 0 Å². The molecule has 0 amide bonds. The lowest BCUT2D eigenvalue weighted by molar-refractivity contribution is 0.130. The highest BCUT2D eigenvalue weighted by Gasteiger charge is 2.20. The smallest absolute Gasteiger partial charge is 0.0726 e. The largest absolute Gasteiger partial charge is 0.330 e. The Bertz CT molecular complexity index is 244. The molecule has 0 saturated carbocycles. The van der Waals surface area contributed by atoms with Crippen LogP contribution in [0, 0.1) is 0 Å². The fourth-order valence-electron chi connectivity index (χ4n) is 3.02. The van der Waals surface area contributed by atoms with Crippen LogP contribution in [0.1, 0.15) is 12.8 Å². The van der Waals surface area contributed by atoms with Gasteiger partial charge in [0, 0.05) is 52.4 Å². The van der Waals surface area contributed by atoms with Gasteiger partial charge in [-0.25, -0.2) is 0 Å². The van der Waals surface area contributed by atoms with Crippen molar-refractivity contribution in [3.8, 4) is 0 Å². The molecule has 0 aromatic rings. The third-order valence-corrected chi connectivity index (χ3v) is 4.24. The van der Waals surface area contributed by atoms with Gasteiger partial charge < -0.3 is 26.6 Å². The molecule has 2 rings (SSSR count). The fourth-order valence-corrected chi connectivity index (χ4v) is 3.02. The summed E-state index contributed by atoms with van der Waals surface area (Å²) in [6.07, 6.45) is 2.82. The monoisotopic (exact) mass is 284 g/mol. The Morgan fingerprint density at radius 1 is 1.00 bits per heavy atom. The first-order valence-electron chi connectivity index (χ1n) is 8.21. The molecule has 2 fully saturated rings. The second-order valence-electron chi connectivity index (χ2n) is 5.80. The van der Waals surface area contributed by atoms with Crippen molar-refractivity contribution in [1.29, 1.82) is 0 Å². The lowest BCUT2D eigenvalue weighted by Crippen LogP contribution is -2.58. The van der Waals surface area contributed by atoms with Crippen LogP contribution in [0.3, 0.4) is 0 Å². The topological polar surface area (TPSA) is 68.6 Å². The van der Waals surface area contributed by atoms with Crippen LogP contribution in [-0.2, 0) is 0 Å². The van der Waals surface area contributed by atoms with Crippen LogP contribution in [-0.4, -0.2) is 88.0 Å². The number of nitrogens with zero attached hydrogens (tertiary/aromatic N) is 2. The second-order valence-corrected chi connectivity index (χ2v) is 5.80. The summed E-state index contributed by atoms with van der Waals surface area (Å²) >= 11 is 0. The van der Waals surface area contributed by atoms with Gasteiger partial charge in [-0.15, -0.1) is 0 Å². The minimum atomic E-state index is 0.485. The van der Waals surface area contributed by atoms with Crippen molar-refractivity contribution in [3.05, 3.63) is 0 Å². The highest BCUT2D eigenvalue weighted by molar-refractivity contribution is 4.78. The van der Waals surface area contributed by atoms with E-state index in [9.17, 15) is 0 Å². The Morgan fingerprint density at radius 2 is 1.80 bits per heavy atom. The first kappa shape index (κ1) is 16.1. The standard InChI is InChI=1S/C14H32N6/c15-3-1-9-20-12-7-17-13-14(20)18-4-2-8-19-10-5-16-6-11-19/h14,16-18H,1-13,15H2. The maximum absolute atomic E-state index is 5.62. The molecule has 0 aliphatic carbocycles. The summed E-state index contributed by atoms with van der Waals surface area (Å²) in [4.78, 5) is 5.09. The molecule has 0 radical (unpaired) electrons. The van der Waals surface area contributed by atoms with E-state index in [1.807, 2.05) is 0 Å². The predicted molar refractivity (Wildman–Crippen MR) is 83.8 cm³/mol. The molecule has 2 aliphatic heterocycles. The summed E-state index contributed by atoms with van der Waals surface area (Å²) < 4.78 is 0. The van der Waals surface area contributed by atoms with E-state index in [1.165, 1.54) is 26.1 Å². The van der Waals surface area contributed by atoms with Gasteiger partial charge in [-0.3, -0.25) is 4.90 Å². The molecule has 5 N–H and O–H groups in total. The van der Waals surface area contributed by atoms with Crippen LogP contribution < -0.4 is 21.7 Å². The first-order chi connectivity index (χ1) is 9.90. The van der Waals surface area contributed by atoms with Gasteiger partial charge in [-0.05, 0) is 32.5 Å². The Labute approximate surface area is 123 Å². The zero-order valence-electron chi connectivity index (χ0n) is 12.7. The van der Waals surface area contributed by atoms with Crippen molar-refractivity contribution in [2.45, 2.75) is 19.0 Å². The third kappa shape index (κ3) is 5.63. The van der Waals surface area contributed by atoms with Gasteiger partial charge in [0.25, 0.3) is 0 Å². The molecule has 0 aromatic heterocycles. The van der Waals surface area contributed by atoms with E-state index < -0.39 is 0 Å². The van der Waals surface area contributed by atoms with Gasteiger partial charge >= 0.3 is 0 Å². The van der Waals surface area contributed by atoms with E-state index in [0.717, 1.165) is 58.8 Å². The third-order valence-electron chi connectivity index (χ3n) is 4.24. The van der Waals surface area contributed by atoms with Crippen LogP contribution in [0.15, 0.2) is 0 Å². The minimum absolute atomic E-state index is 0.485. The summed E-state index contributed by atoms with van der Waals surface area (Å²) in [5, 5.41) is 10.6. The number of hydrogen-bond donors (Lipinski definition) is 4. The molecule has 6 heteroatoms. The summed E-state index contributed by atoms with van der Waals surface area (Å²) in [7, 11) is 0. The molecule has 0 bridgehead atoms. The van der Waals surface area contributed by atoms with E-state index in [4.69, 9.17) is 5.73 Å². The number of nitrogens with two attached hydrogens (primary N) is 1. The Morgan fingerprint density at radius 3 is 2.60 bits per heavy atom. The Balaban J connectivity index is 1.58. The van der Waals surface area contributed by atoms with Crippen LogP contribution in [0.2, 0.25) is 0 Å². The van der Waals surface area contributed by atoms with E-state index >= 15 is 0 Å². The van der Waals surface area contributed by atoms with Crippen molar-refractivity contribution >= 4 is 0 Å². The normalized spacial score (nSPS) is 25.9. The lowest BCUT2D eigenvalue weighted by atomic mass is 10.2. The number of rotatable bonds is 8. The van der Waals surface area contributed by atoms with Gasteiger partial charge in [-0.1, -0.05) is 0 Å². The molecule has 0 aromatic carbocycles. The summed E-state index contributed by atoms with van der Waals surface area (Å²) in [6.45, 7) is 12.2. The van der Waals surface area contributed by atoms with Gasteiger partial charge in [-0.2, -0.15) is 0 Å². The number of nitrogens with one attached hydrogen (secondary N) is 3. The van der Waals surface area contributed by atoms with Gasteiger partial charge in [0.2, 0.25) is 0 Å². The molecule has 20 heavy (non-hydrogen) atoms. The molecule has 0 spiro atoms. The lowest BCUT2D eigenvalue weighted by Gasteiger charge is -2.37. The average Bonchev–Trinajstić information content (AvgIpc) is 2.51. The summed E-state index contributed by atoms with van der Waals surface area (Å²) in [5.41, 5.74) is 5.62. The van der Waals surface area contributed by atoms with Crippen LogP contribution >= 0.6 is 0 Å². The molecular formula is C14H32N6. The zero-order chi connectivity index (χ0) is 14.0. The predicted octanol–water partition coefficient (Wildman–Crippen LogP) is -1.55. The summed E-state index contributed by atoms with van der Waals surface area (Å²) in [6, 6.07) is 0. The highest BCUT2D eigenvalue weighted by Crippen LogP contribution is 2.02. The molecule has 2 saturated heterocycles. The maximum atomic E-state index is 5.62. The van der Waals surface area contributed by atoms with Crippen molar-refractivity contribution < 1.29 is 0 Å². The van der Waals surface area contributed by atoms with Crippen molar-refractivity contribution in [2.75, 3.05) is 72.0 Å². The van der Waals surface area contributed by atoms with Crippen LogP contribution in [0.5, 0.6) is 0 Å². The Kier molecular flexibility index (Phi) is 7.79. The highest BCUT2D eigenvalue weighted by atomic mass is 15.3. The molecule has 2 heterocycles. The van der Waals surface area contributed by atoms with Gasteiger partial charge in [0.15, 0.2) is 0 Å². The SMILES string of the molecule is NCCCN1CCNCC1NCCCN1CCNCC1. The van der Waals surface area contributed by atoms with Crippen LogP contribution in [0.4, 0.5) is 0 Å². The first-order valence-corrected chi connectivity index (χ1v) is 8.21. The molecular weight excluding hydrogens is 252 g/mol. The molecule has 1 unspecified atom stereocenters. The van der Waals surface area contributed by atoms with E-state index in [1.54, 1.807) is 0 Å². The van der Waals surface area contributed by atoms with E-state index in [0.29, 0.717) is 6.17 Å². The molecule has 1 atom stereocenters. The van der Waals surface area contributed by atoms with E-state index in [-0.39, 0.29) is 0 Å².